The van der Waals surface area contributed by atoms with E-state index in [9.17, 15) is 4.79 Å². The van der Waals surface area contributed by atoms with Crippen molar-refractivity contribution in [1.82, 2.24) is 19.2 Å². The maximum absolute atomic E-state index is 12.8. The number of benzene rings is 2. The number of hydrogen-bond acceptors (Lipinski definition) is 3. The number of nitrogens with zero attached hydrogens (tertiary/aromatic N) is 4. The van der Waals surface area contributed by atoms with Gasteiger partial charge in [0.05, 0.1) is 18.3 Å². The molecule has 2 aromatic carbocycles. The predicted molar refractivity (Wildman–Crippen MR) is 121 cm³/mol. The summed E-state index contributed by atoms with van der Waals surface area (Å²) in [7, 11) is 0. The van der Waals surface area contributed by atoms with Gasteiger partial charge < -0.3 is 4.90 Å². The Morgan fingerprint density at radius 1 is 0.900 bits per heavy atom. The van der Waals surface area contributed by atoms with Crippen molar-refractivity contribution in [3.05, 3.63) is 82.4 Å². The van der Waals surface area contributed by atoms with Crippen LogP contribution in [0.25, 0.3) is 27.7 Å². The third kappa shape index (κ3) is 3.78. The first-order chi connectivity index (χ1) is 14.7. The fourth-order valence-corrected chi connectivity index (χ4v) is 4.29. The molecule has 0 spiro atoms. The summed E-state index contributed by atoms with van der Waals surface area (Å²) in [5.74, 6) is 0. The van der Waals surface area contributed by atoms with Gasteiger partial charge in [0.1, 0.15) is 0 Å². The smallest absolute Gasteiger partial charge is 0.255 e. The molecule has 2 aromatic heterocycles. The van der Waals surface area contributed by atoms with Crippen LogP contribution < -0.4 is 5.56 Å². The molecular formula is C24H23ClN4O. The Morgan fingerprint density at radius 3 is 2.47 bits per heavy atom. The summed E-state index contributed by atoms with van der Waals surface area (Å²) in [6, 6.07) is 17.2. The summed E-state index contributed by atoms with van der Waals surface area (Å²) in [6.45, 7) is 4.30. The summed E-state index contributed by atoms with van der Waals surface area (Å²) >= 11 is 5.96. The van der Waals surface area contributed by atoms with Crippen molar-refractivity contribution in [1.29, 1.82) is 0 Å². The largest absolute Gasteiger partial charge is 0.301 e. The predicted octanol–water partition coefficient (Wildman–Crippen LogP) is 4.60. The Morgan fingerprint density at radius 2 is 1.70 bits per heavy atom. The Kier molecular flexibility index (Phi) is 5.15. The zero-order valence-electron chi connectivity index (χ0n) is 16.7. The second kappa shape index (κ2) is 8.09. The van der Waals surface area contributed by atoms with Crippen LogP contribution in [0.1, 0.15) is 12.8 Å². The topological polar surface area (TPSA) is 43.1 Å². The van der Waals surface area contributed by atoms with Gasteiger partial charge in [-0.25, -0.2) is 0 Å². The molecule has 0 bridgehead atoms. The minimum absolute atomic E-state index is 0.0665. The van der Waals surface area contributed by atoms with Gasteiger partial charge in [0.25, 0.3) is 5.56 Å². The van der Waals surface area contributed by atoms with E-state index < -0.39 is 0 Å². The van der Waals surface area contributed by atoms with Crippen LogP contribution in [-0.2, 0) is 6.54 Å². The van der Waals surface area contributed by atoms with E-state index in [2.05, 4.69) is 20.7 Å². The average Bonchev–Trinajstić information content (AvgIpc) is 3.42. The highest BCUT2D eigenvalue weighted by atomic mass is 35.5. The summed E-state index contributed by atoms with van der Waals surface area (Å²) < 4.78 is 3.73. The lowest BCUT2D eigenvalue weighted by atomic mass is 10.1. The van der Waals surface area contributed by atoms with Gasteiger partial charge in [-0.05, 0) is 73.5 Å². The molecule has 0 radical (unpaired) electrons. The molecule has 0 amide bonds. The first kappa shape index (κ1) is 19.1. The number of hydrogen-bond donors (Lipinski definition) is 0. The molecule has 0 N–H and O–H groups in total. The van der Waals surface area contributed by atoms with Gasteiger partial charge in [-0.2, -0.15) is 5.10 Å². The van der Waals surface area contributed by atoms with Crippen LogP contribution >= 0.6 is 11.6 Å². The van der Waals surface area contributed by atoms with Crippen LogP contribution in [0.2, 0.25) is 5.02 Å². The highest BCUT2D eigenvalue weighted by molar-refractivity contribution is 6.30. The number of pyridine rings is 1. The molecule has 3 heterocycles. The molecule has 5 rings (SSSR count). The van der Waals surface area contributed by atoms with Gasteiger partial charge in [-0.1, -0.05) is 23.7 Å². The molecule has 0 saturated carbocycles. The Bertz CT molecular complexity index is 1240. The molecular weight excluding hydrogens is 396 g/mol. The SMILES string of the molecule is O=c1cc(-c2ccc(Cl)cc2)ccn1-c1ccc2c(cnn2CCN2CCCC2)c1. The minimum Gasteiger partial charge on any atom is -0.301 e. The first-order valence-electron chi connectivity index (χ1n) is 10.3. The molecule has 5 nitrogen and oxygen atoms in total. The summed E-state index contributed by atoms with van der Waals surface area (Å²) in [6.07, 6.45) is 6.31. The monoisotopic (exact) mass is 418 g/mol. The molecule has 0 aliphatic carbocycles. The second-order valence-corrected chi connectivity index (χ2v) is 8.23. The summed E-state index contributed by atoms with van der Waals surface area (Å²) in [5, 5.41) is 6.29. The average molecular weight is 419 g/mol. The van der Waals surface area contributed by atoms with Crippen molar-refractivity contribution in [2.45, 2.75) is 19.4 Å². The maximum atomic E-state index is 12.8. The maximum Gasteiger partial charge on any atom is 0.255 e. The van der Waals surface area contributed by atoms with Gasteiger partial charge >= 0.3 is 0 Å². The molecule has 0 unspecified atom stereocenters. The van der Waals surface area contributed by atoms with E-state index in [4.69, 9.17) is 11.6 Å². The third-order valence-corrected chi connectivity index (χ3v) is 6.08. The lowest BCUT2D eigenvalue weighted by Crippen LogP contribution is -2.24. The molecule has 1 fully saturated rings. The lowest BCUT2D eigenvalue weighted by molar-refractivity contribution is 0.318. The van der Waals surface area contributed by atoms with Crippen molar-refractivity contribution < 1.29 is 0 Å². The fraction of sp³-hybridized carbons (Fsp3) is 0.250. The van der Waals surface area contributed by atoms with Crippen molar-refractivity contribution in [3.63, 3.8) is 0 Å². The number of halogens is 1. The zero-order valence-corrected chi connectivity index (χ0v) is 17.4. The van der Waals surface area contributed by atoms with Crippen molar-refractivity contribution in [2.24, 2.45) is 0 Å². The summed E-state index contributed by atoms with van der Waals surface area (Å²) in [4.78, 5) is 15.3. The van der Waals surface area contributed by atoms with E-state index in [1.807, 2.05) is 54.9 Å². The molecule has 4 aromatic rings. The van der Waals surface area contributed by atoms with E-state index in [1.54, 1.807) is 10.6 Å². The van der Waals surface area contributed by atoms with E-state index in [-0.39, 0.29) is 5.56 Å². The van der Waals surface area contributed by atoms with Gasteiger partial charge in [0.2, 0.25) is 0 Å². The number of rotatable bonds is 5. The Labute approximate surface area is 180 Å². The van der Waals surface area contributed by atoms with Crippen molar-refractivity contribution >= 4 is 22.5 Å². The quantitative estimate of drug-likeness (QED) is 0.475. The Hall–Kier alpha value is -2.89. The molecule has 0 atom stereocenters. The second-order valence-electron chi connectivity index (χ2n) is 7.79. The minimum atomic E-state index is -0.0665. The van der Waals surface area contributed by atoms with Crippen LogP contribution in [0, 0.1) is 0 Å². The number of fused-ring (bicyclic) bond motifs is 1. The summed E-state index contributed by atoms with van der Waals surface area (Å²) in [5.41, 5.74) is 3.73. The van der Waals surface area contributed by atoms with Crippen LogP contribution in [0.3, 0.4) is 0 Å². The Balaban J connectivity index is 1.40. The van der Waals surface area contributed by atoms with E-state index in [0.29, 0.717) is 5.02 Å². The van der Waals surface area contributed by atoms with Crippen LogP contribution in [0.15, 0.2) is 71.8 Å². The van der Waals surface area contributed by atoms with Gasteiger partial charge in [-0.3, -0.25) is 14.0 Å². The standard InChI is InChI=1S/C24H23ClN4O/c25-21-5-3-18(4-6-21)19-9-12-28(24(30)16-19)22-7-8-23-20(15-22)17-26-29(23)14-13-27-10-1-2-11-27/h3-9,12,15-17H,1-2,10-11,13-14H2. The normalized spacial score (nSPS) is 14.6. The van der Waals surface area contributed by atoms with Crippen LogP contribution in [-0.4, -0.2) is 38.9 Å². The first-order valence-corrected chi connectivity index (χ1v) is 10.7. The van der Waals surface area contributed by atoms with Gasteiger partial charge in [-0.15, -0.1) is 0 Å². The van der Waals surface area contributed by atoms with Crippen LogP contribution in [0.5, 0.6) is 0 Å². The van der Waals surface area contributed by atoms with E-state index in [1.165, 1.54) is 25.9 Å². The highest BCUT2D eigenvalue weighted by Crippen LogP contribution is 2.22. The number of likely N-dealkylation sites (tertiary alicyclic amines) is 1. The molecule has 6 heteroatoms. The van der Waals surface area contributed by atoms with Gasteiger partial charge in [0, 0.05) is 34.9 Å². The van der Waals surface area contributed by atoms with Gasteiger partial charge in [0.15, 0.2) is 0 Å². The van der Waals surface area contributed by atoms with E-state index in [0.717, 1.165) is 40.8 Å². The van der Waals surface area contributed by atoms with E-state index >= 15 is 0 Å². The lowest BCUT2D eigenvalue weighted by Gasteiger charge is -2.14. The zero-order chi connectivity index (χ0) is 20.5. The molecule has 30 heavy (non-hydrogen) atoms. The fourth-order valence-electron chi connectivity index (χ4n) is 4.16. The molecule has 1 saturated heterocycles. The molecule has 1 aliphatic heterocycles. The number of aromatic nitrogens is 3. The third-order valence-electron chi connectivity index (χ3n) is 5.83. The highest BCUT2D eigenvalue weighted by Gasteiger charge is 2.12. The molecule has 152 valence electrons. The van der Waals surface area contributed by atoms with Crippen LogP contribution in [0.4, 0.5) is 0 Å². The van der Waals surface area contributed by atoms with Crippen molar-refractivity contribution in [3.8, 4) is 16.8 Å². The van der Waals surface area contributed by atoms with Crippen molar-refractivity contribution in [2.75, 3.05) is 19.6 Å². The molecule has 1 aliphatic rings.